The van der Waals surface area contributed by atoms with Gasteiger partial charge in [-0.1, -0.05) is 25.3 Å². The van der Waals surface area contributed by atoms with Crippen molar-refractivity contribution < 1.29 is 9.59 Å². The summed E-state index contributed by atoms with van der Waals surface area (Å²) in [6.45, 7) is 8.75. The third kappa shape index (κ3) is 6.45. The van der Waals surface area contributed by atoms with Crippen LogP contribution in [0.15, 0.2) is 66.9 Å². The molecule has 0 saturated heterocycles. The van der Waals surface area contributed by atoms with Crippen molar-refractivity contribution in [3.63, 3.8) is 0 Å². The number of amides is 1. The molecule has 3 heterocycles. The smallest absolute Gasteiger partial charge is 0.298 e. The van der Waals surface area contributed by atoms with Gasteiger partial charge in [0.15, 0.2) is 0 Å². The van der Waals surface area contributed by atoms with Gasteiger partial charge in [0.2, 0.25) is 0 Å². The molecule has 0 radical (unpaired) electrons. The second kappa shape index (κ2) is 12.6. The Bertz CT molecular complexity index is 1500. The molecule has 0 spiro atoms. The molecule has 1 amide bonds. The summed E-state index contributed by atoms with van der Waals surface area (Å²) in [6, 6.07) is 19.9. The van der Waals surface area contributed by atoms with Gasteiger partial charge in [-0.05, 0) is 105 Å². The number of ketones is 1. The summed E-state index contributed by atoms with van der Waals surface area (Å²) in [7, 11) is 2.07. The zero-order valence-corrected chi connectivity index (χ0v) is 24.7. The largest absolute Gasteiger partial charge is 0.370 e. The lowest BCUT2D eigenvalue weighted by Gasteiger charge is -2.27. The van der Waals surface area contributed by atoms with Crippen molar-refractivity contribution in [2.24, 2.45) is 0 Å². The third-order valence-electron chi connectivity index (χ3n) is 8.23. The van der Waals surface area contributed by atoms with Crippen LogP contribution >= 0.6 is 0 Å². The highest BCUT2D eigenvalue weighted by Gasteiger charge is 2.28. The molecule has 1 aromatic carbocycles. The van der Waals surface area contributed by atoms with Crippen molar-refractivity contribution in [3.05, 3.63) is 89.4 Å². The van der Waals surface area contributed by atoms with Gasteiger partial charge in [-0.25, -0.2) is 4.98 Å². The summed E-state index contributed by atoms with van der Waals surface area (Å²) in [6.07, 6.45) is 7.56. The van der Waals surface area contributed by atoms with E-state index in [1.165, 1.54) is 12.0 Å². The highest BCUT2D eigenvalue weighted by molar-refractivity contribution is 6.46. The lowest BCUT2D eigenvalue weighted by Crippen LogP contribution is -2.33. The molecule has 1 saturated carbocycles. The van der Waals surface area contributed by atoms with Gasteiger partial charge in [-0.15, -0.1) is 0 Å². The fourth-order valence-corrected chi connectivity index (χ4v) is 6.03. The van der Waals surface area contributed by atoms with E-state index in [9.17, 15) is 9.59 Å². The van der Waals surface area contributed by atoms with E-state index in [-0.39, 0.29) is 0 Å². The van der Waals surface area contributed by atoms with E-state index in [2.05, 4.69) is 59.2 Å². The molecule has 1 aliphatic carbocycles. The summed E-state index contributed by atoms with van der Waals surface area (Å²) < 4.78 is 1.87. The Labute approximate surface area is 243 Å². The zero-order valence-electron chi connectivity index (χ0n) is 24.7. The Kier molecular flexibility index (Phi) is 8.72. The number of nitrogens with zero attached hydrogens (tertiary/aromatic N) is 4. The number of fused-ring (bicyclic) bond motifs is 1. The van der Waals surface area contributed by atoms with E-state index in [4.69, 9.17) is 0 Å². The third-order valence-corrected chi connectivity index (χ3v) is 8.23. The first kappa shape index (κ1) is 28.4. The quantitative estimate of drug-likeness (QED) is 0.174. The van der Waals surface area contributed by atoms with Crippen LogP contribution in [0.3, 0.4) is 0 Å². The first-order valence-corrected chi connectivity index (χ1v) is 14.8. The summed E-state index contributed by atoms with van der Waals surface area (Å²) in [4.78, 5) is 35.9. The van der Waals surface area contributed by atoms with Gasteiger partial charge in [0.05, 0.1) is 0 Å². The number of nitrogens with one attached hydrogen (secondary N) is 1. The number of aromatic nitrogens is 2. The van der Waals surface area contributed by atoms with Crippen LogP contribution in [0.1, 0.15) is 72.3 Å². The van der Waals surface area contributed by atoms with Gasteiger partial charge in [-0.2, -0.15) is 0 Å². The molecule has 0 atom stereocenters. The van der Waals surface area contributed by atoms with Crippen LogP contribution in [0.5, 0.6) is 0 Å². The van der Waals surface area contributed by atoms with E-state index in [1.54, 1.807) is 0 Å². The topological polar surface area (TPSA) is 69.9 Å². The van der Waals surface area contributed by atoms with Crippen molar-refractivity contribution in [3.8, 4) is 0 Å². The van der Waals surface area contributed by atoms with E-state index in [0.29, 0.717) is 17.3 Å². The molecule has 5 rings (SSSR count). The Balaban J connectivity index is 1.26. The second-order valence-corrected chi connectivity index (χ2v) is 11.3. The van der Waals surface area contributed by atoms with Crippen LogP contribution in [0, 0.1) is 13.8 Å². The van der Waals surface area contributed by atoms with Crippen LogP contribution in [0.4, 0.5) is 17.2 Å². The number of aryl methyl sites for hydroxylation is 2. The number of carbonyl (C=O) groups is 2. The van der Waals surface area contributed by atoms with Gasteiger partial charge in [0, 0.05) is 55.5 Å². The normalized spacial score (nSPS) is 13.8. The fraction of sp³-hybridized carbons (Fsp3) is 0.382. The van der Waals surface area contributed by atoms with Crippen molar-refractivity contribution in [1.29, 1.82) is 0 Å². The lowest BCUT2D eigenvalue weighted by molar-refractivity contribution is -0.112. The molecule has 1 N–H and O–H groups in total. The number of likely N-dealkylation sites (N-methyl/N-ethyl adjacent to an activating group) is 2. The zero-order chi connectivity index (χ0) is 28.9. The summed E-state index contributed by atoms with van der Waals surface area (Å²) in [5.74, 6) is 0.204. The molecular weight excluding hydrogens is 510 g/mol. The molecule has 7 nitrogen and oxygen atoms in total. The molecule has 214 valence electrons. The minimum atomic E-state index is -0.603. The maximum atomic E-state index is 13.6. The molecule has 4 aromatic rings. The molecule has 0 unspecified atom stereocenters. The molecule has 1 aliphatic rings. The number of Topliss-reactive ketones (excluding diaryl/α,β-unsaturated/α-hetero) is 1. The highest BCUT2D eigenvalue weighted by Crippen LogP contribution is 2.36. The summed E-state index contributed by atoms with van der Waals surface area (Å²) in [5.41, 5.74) is 6.36. The minimum absolute atomic E-state index is 0.319. The summed E-state index contributed by atoms with van der Waals surface area (Å²) in [5, 5.41) is 2.85. The number of anilines is 3. The number of hydrogen-bond donors (Lipinski definition) is 1. The lowest BCUT2D eigenvalue weighted by atomic mass is 9.83. The molecule has 0 aliphatic heterocycles. The number of pyridine rings is 2. The Hall–Kier alpha value is -4.13. The standard InChI is InChI=1S/C34H41N5O2/c1-5-38(20-19-37(4)31-22-24(2)21-25(3)35-31)28-16-14-27(15-17-28)36-34(41)33(40)32-30(26-11-7-6-8-12-26)23-29-13-9-10-18-39(29)32/h9-10,13-18,21-23,26H,5-8,11-12,19-20H2,1-4H3,(H,36,41). The van der Waals surface area contributed by atoms with E-state index < -0.39 is 11.7 Å². The number of benzene rings is 1. The minimum Gasteiger partial charge on any atom is -0.370 e. The number of hydrogen-bond acceptors (Lipinski definition) is 5. The maximum Gasteiger partial charge on any atom is 0.298 e. The van der Waals surface area contributed by atoms with Gasteiger partial charge in [0.1, 0.15) is 11.5 Å². The van der Waals surface area contributed by atoms with E-state index in [1.807, 2.05) is 60.0 Å². The maximum absolute atomic E-state index is 13.6. The summed E-state index contributed by atoms with van der Waals surface area (Å²) >= 11 is 0. The Morgan fingerprint density at radius 2 is 1.73 bits per heavy atom. The monoisotopic (exact) mass is 551 g/mol. The van der Waals surface area contributed by atoms with Crippen LogP contribution in [0.25, 0.3) is 5.52 Å². The number of carbonyl (C=O) groups excluding carboxylic acids is 2. The molecule has 7 heteroatoms. The van der Waals surface area contributed by atoms with Crippen LogP contribution in [-0.2, 0) is 4.79 Å². The molecule has 0 bridgehead atoms. The second-order valence-electron chi connectivity index (χ2n) is 11.3. The highest BCUT2D eigenvalue weighted by atomic mass is 16.2. The average molecular weight is 552 g/mol. The number of rotatable bonds is 10. The molecule has 3 aromatic heterocycles. The Morgan fingerprint density at radius 3 is 2.44 bits per heavy atom. The first-order valence-electron chi connectivity index (χ1n) is 14.8. The van der Waals surface area contributed by atoms with Gasteiger partial charge in [0.25, 0.3) is 11.7 Å². The molecule has 41 heavy (non-hydrogen) atoms. The first-order chi connectivity index (χ1) is 19.8. The molecular formula is C34H41N5O2. The molecule has 1 fully saturated rings. The van der Waals surface area contributed by atoms with Crippen molar-refractivity contribution in [2.45, 2.75) is 58.8 Å². The predicted octanol–water partition coefficient (Wildman–Crippen LogP) is 6.78. The predicted molar refractivity (Wildman–Crippen MR) is 167 cm³/mol. The van der Waals surface area contributed by atoms with Crippen molar-refractivity contribution >= 4 is 34.4 Å². The van der Waals surface area contributed by atoms with Crippen LogP contribution in [-0.4, -0.2) is 47.8 Å². The van der Waals surface area contributed by atoms with E-state index >= 15 is 0 Å². The SMILES string of the molecule is CCN(CCN(C)c1cc(C)cc(C)n1)c1ccc(NC(=O)C(=O)c2c(C3CCCCC3)cc3ccccn23)cc1. The van der Waals surface area contributed by atoms with Crippen molar-refractivity contribution in [1.82, 2.24) is 9.38 Å². The van der Waals surface area contributed by atoms with Gasteiger partial charge < -0.3 is 19.5 Å². The van der Waals surface area contributed by atoms with Crippen LogP contribution < -0.4 is 15.1 Å². The van der Waals surface area contributed by atoms with E-state index in [0.717, 1.165) is 73.6 Å². The van der Waals surface area contributed by atoms with Gasteiger partial charge >= 0.3 is 0 Å². The van der Waals surface area contributed by atoms with Crippen LogP contribution in [0.2, 0.25) is 0 Å². The fourth-order valence-electron chi connectivity index (χ4n) is 6.03. The van der Waals surface area contributed by atoms with Crippen molar-refractivity contribution in [2.75, 3.05) is 41.8 Å². The average Bonchev–Trinajstić information content (AvgIpc) is 3.37. The Morgan fingerprint density at radius 1 is 0.976 bits per heavy atom. The van der Waals surface area contributed by atoms with Gasteiger partial charge in [-0.3, -0.25) is 9.59 Å².